The van der Waals surface area contributed by atoms with Crippen LogP contribution in [0.5, 0.6) is 0 Å². The van der Waals surface area contributed by atoms with Gasteiger partial charge in [0.15, 0.2) is 22.5 Å². The Labute approximate surface area is 176 Å². The maximum Gasteiger partial charge on any atom is 0.301 e. The fourth-order valence-corrected chi connectivity index (χ4v) is 3.21. The summed E-state index contributed by atoms with van der Waals surface area (Å²) >= 11 is 5.58. The molecular weight excluding hydrogens is 390 g/mol. The molecule has 2 heterocycles. The molecule has 1 aromatic heterocycles. The van der Waals surface area contributed by atoms with Gasteiger partial charge in [-0.25, -0.2) is 9.97 Å². The molecule has 1 fully saturated rings. The molecule has 0 radical (unpaired) electrons. The topological polar surface area (TPSA) is 137 Å². The average Bonchev–Trinajstić information content (AvgIpc) is 2.65. The number of amides is 1. The van der Waals surface area contributed by atoms with Gasteiger partial charge in [-0.1, -0.05) is 48.9 Å². The molecule has 8 nitrogen and oxygen atoms in total. The second-order valence-corrected chi connectivity index (χ2v) is 7.52. The zero-order chi connectivity index (χ0) is 21.4. The Kier molecular flexibility index (Phi) is 8.35. The summed E-state index contributed by atoms with van der Waals surface area (Å²) in [5, 5.41) is -0.0996. The number of halogens is 1. The van der Waals surface area contributed by atoms with Crippen LogP contribution in [0.15, 0.2) is 35.3 Å². The van der Waals surface area contributed by atoms with Gasteiger partial charge in [-0.3, -0.25) is 9.69 Å². The quantitative estimate of drug-likeness (QED) is 0.515. The Morgan fingerprint density at radius 2 is 1.93 bits per heavy atom. The van der Waals surface area contributed by atoms with Crippen LogP contribution in [-0.4, -0.2) is 39.7 Å². The summed E-state index contributed by atoms with van der Waals surface area (Å²) in [6.45, 7) is 7.50. The standard InChI is InChI=1S/C13H19N.C7H9ClN6O/c1-12-6-5-9-14(10-12)11-13-7-3-2-4-8-13;1-2(9)12-7(15)3-5(10)14-6(11)4(8)13-3/h2-4,7-8,12H,5-6,9-11H2,1H3;1H3,(H2,9,12,15)(H4,10,11,14). The molecule has 1 aliphatic rings. The summed E-state index contributed by atoms with van der Waals surface area (Å²) in [5.74, 6) is 0.0922. The van der Waals surface area contributed by atoms with E-state index in [0.717, 1.165) is 12.5 Å². The third kappa shape index (κ3) is 7.32. The molecule has 0 saturated carbocycles. The van der Waals surface area contributed by atoms with Crippen LogP contribution in [0.1, 0.15) is 42.7 Å². The lowest BCUT2D eigenvalue weighted by Gasteiger charge is -2.30. The lowest BCUT2D eigenvalue weighted by molar-refractivity contribution is 0.0998. The van der Waals surface area contributed by atoms with Crippen molar-refractivity contribution in [1.29, 1.82) is 0 Å². The van der Waals surface area contributed by atoms with Crippen molar-refractivity contribution in [3.63, 3.8) is 0 Å². The smallest absolute Gasteiger partial charge is 0.301 e. The van der Waals surface area contributed by atoms with Gasteiger partial charge in [-0.05, 0) is 37.8 Å². The lowest BCUT2D eigenvalue weighted by atomic mass is 10.00. The van der Waals surface area contributed by atoms with Crippen molar-refractivity contribution in [1.82, 2.24) is 14.9 Å². The van der Waals surface area contributed by atoms with Crippen molar-refractivity contribution in [2.24, 2.45) is 16.6 Å². The first-order valence-corrected chi connectivity index (χ1v) is 9.84. The van der Waals surface area contributed by atoms with Crippen LogP contribution in [0.4, 0.5) is 11.6 Å². The Balaban J connectivity index is 0.000000207. The van der Waals surface area contributed by atoms with Crippen molar-refractivity contribution >= 4 is 35.0 Å². The number of nitrogens with two attached hydrogens (primary N) is 3. The van der Waals surface area contributed by atoms with Crippen molar-refractivity contribution in [3.05, 3.63) is 46.7 Å². The minimum absolute atomic E-state index is 0.0424. The molecule has 3 rings (SSSR count). The van der Waals surface area contributed by atoms with E-state index in [9.17, 15) is 4.79 Å². The van der Waals surface area contributed by atoms with Crippen molar-refractivity contribution in [2.75, 3.05) is 24.6 Å². The number of aliphatic imine (C=N–C) groups is 1. The monoisotopic (exact) mass is 417 g/mol. The first-order valence-electron chi connectivity index (χ1n) is 9.46. The van der Waals surface area contributed by atoms with Crippen molar-refractivity contribution < 1.29 is 4.79 Å². The number of hydrogen-bond acceptors (Lipinski definition) is 6. The summed E-state index contributed by atoms with van der Waals surface area (Å²) in [6, 6.07) is 10.8. The van der Waals surface area contributed by atoms with E-state index in [0.29, 0.717) is 0 Å². The number of carbonyl (C=O) groups excluding carboxylic acids is 1. The van der Waals surface area contributed by atoms with Crippen LogP contribution >= 0.6 is 11.6 Å². The van der Waals surface area contributed by atoms with Crippen LogP contribution < -0.4 is 17.2 Å². The molecule has 1 atom stereocenters. The zero-order valence-electron chi connectivity index (χ0n) is 16.8. The zero-order valence-corrected chi connectivity index (χ0v) is 17.6. The number of nitrogens with zero attached hydrogens (tertiary/aromatic N) is 4. The molecule has 29 heavy (non-hydrogen) atoms. The van der Waals surface area contributed by atoms with E-state index in [-0.39, 0.29) is 28.3 Å². The molecule has 1 amide bonds. The molecule has 1 saturated heterocycles. The Bertz CT molecular complexity index is 853. The molecule has 1 aliphatic heterocycles. The second-order valence-electron chi connectivity index (χ2n) is 7.16. The minimum Gasteiger partial charge on any atom is -0.387 e. The highest BCUT2D eigenvalue weighted by Crippen LogP contribution is 2.18. The number of carbonyl (C=O) groups is 1. The van der Waals surface area contributed by atoms with E-state index in [2.05, 4.69) is 57.1 Å². The third-order valence-electron chi connectivity index (χ3n) is 4.38. The molecule has 0 spiro atoms. The summed E-state index contributed by atoms with van der Waals surface area (Å²) < 4.78 is 0. The minimum atomic E-state index is -0.707. The normalized spacial score (nSPS) is 17.3. The van der Waals surface area contributed by atoms with Crippen LogP contribution in [0.25, 0.3) is 0 Å². The van der Waals surface area contributed by atoms with E-state index in [1.807, 2.05) is 0 Å². The third-order valence-corrected chi connectivity index (χ3v) is 4.65. The number of hydrogen-bond donors (Lipinski definition) is 3. The van der Waals surface area contributed by atoms with Crippen molar-refractivity contribution in [3.8, 4) is 0 Å². The Morgan fingerprint density at radius 3 is 2.55 bits per heavy atom. The Morgan fingerprint density at radius 1 is 1.24 bits per heavy atom. The first-order chi connectivity index (χ1) is 13.8. The molecule has 0 aliphatic carbocycles. The van der Waals surface area contributed by atoms with Gasteiger partial charge in [0.2, 0.25) is 0 Å². The highest BCUT2D eigenvalue weighted by atomic mass is 35.5. The number of amidine groups is 1. The predicted molar refractivity (Wildman–Crippen MR) is 118 cm³/mol. The number of piperidine rings is 1. The van der Waals surface area contributed by atoms with Crippen molar-refractivity contribution in [2.45, 2.75) is 33.2 Å². The average molecular weight is 418 g/mol. The molecule has 2 aromatic rings. The van der Waals surface area contributed by atoms with Gasteiger partial charge in [0.05, 0.1) is 0 Å². The maximum absolute atomic E-state index is 11.4. The predicted octanol–water partition coefficient (Wildman–Crippen LogP) is 2.73. The van der Waals surface area contributed by atoms with Crippen LogP contribution in [0, 0.1) is 5.92 Å². The molecule has 156 valence electrons. The van der Waals surface area contributed by atoms with Crippen LogP contribution in [-0.2, 0) is 6.54 Å². The number of anilines is 2. The number of nitrogen functional groups attached to an aromatic ring is 2. The number of benzene rings is 1. The lowest BCUT2D eigenvalue weighted by Crippen LogP contribution is -2.33. The van der Waals surface area contributed by atoms with Gasteiger partial charge in [0.1, 0.15) is 5.84 Å². The maximum atomic E-state index is 11.4. The summed E-state index contributed by atoms with van der Waals surface area (Å²) in [6.07, 6.45) is 2.78. The highest BCUT2D eigenvalue weighted by molar-refractivity contribution is 6.31. The van der Waals surface area contributed by atoms with Gasteiger partial charge < -0.3 is 17.2 Å². The van der Waals surface area contributed by atoms with Crippen LogP contribution in [0.2, 0.25) is 5.15 Å². The van der Waals surface area contributed by atoms with Gasteiger partial charge in [-0.15, -0.1) is 0 Å². The molecule has 0 bridgehead atoms. The number of rotatable bonds is 3. The first kappa shape index (κ1) is 22.6. The number of aromatic nitrogens is 2. The largest absolute Gasteiger partial charge is 0.387 e. The van der Waals surface area contributed by atoms with E-state index in [1.54, 1.807) is 0 Å². The fourth-order valence-electron chi connectivity index (χ4n) is 3.08. The van der Waals surface area contributed by atoms with Gasteiger partial charge in [-0.2, -0.15) is 4.99 Å². The molecule has 1 aromatic carbocycles. The molecule has 9 heteroatoms. The van der Waals surface area contributed by atoms with Gasteiger partial charge >= 0.3 is 5.91 Å². The SMILES string of the molecule is CC(N)=NC(=O)c1nc(Cl)c(N)nc1N.CC1CCCN(Cc2ccccc2)C1. The van der Waals surface area contributed by atoms with E-state index < -0.39 is 5.91 Å². The van der Waals surface area contributed by atoms with E-state index >= 15 is 0 Å². The highest BCUT2D eigenvalue weighted by Gasteiger charge is 2.16. The van der Waals surface area contributed by atoms with E-state index in [1.165, 1.54) is 38.4 Å². The van der Waals surface area contributed by atoms with E-state index in [4.69, 9.17) is 28.8 Å². The molecule has 6 N–H and O–H groups in total. The second kappa shape index (κ2) is 10.7. The Hall–Kier alpha value is -2.71. The summed E-state index contributed by atoms with van der Waals surface area (Å²) in [4.78, 5) is 24.7. The molecule has 1 unspecified atom stereocenters. The number of likely N-dealkylation sites (tertiary alicyclic amines) is 1. The summed E-state index contributed by atoms with van der Waals surface area (Å²) in [5.41, 5.74) is 17.3. The fraction of sp³-hybridized carbons (Fsp3) is 0.400. The molecular formula is C20H28ClN7O. The van der Waals surface area contributed by atoms with Gasteiger partial charge in [0, 0.05) is 13.1 Å². The van der Waals surface area contributed by atoms with Gasteiger partial charge in [0.25, 0.3) is 0 Å². The van der Waals surface area contributed by atoms with Crippen LogP contribution in [0.3, 0.4) is 0 Å². The summed E-state index contributed by atoms with van der Waals surface area (Å²) in [7, 11) is 0.